The van der Waals surface area contributed by atoms with Crippen molar-refractivity contribution in [1.82, 2.24) is 10.2 Å². The molecule has 5 atom stereocenters. The Bertz CT molecular complexity index is 813. The highest BCUT2D eigenvalue weighted by Crippen LogP contribution is 2.53. The lowest BCUT2D eigenvalue weighted by atomic mass is 9.85. The molecular weight excluding hydrogens is 364 g/mol. The minimum absolute atomic E-state index is 0.142. The summed E-state index contributed by atoms with van der Waals surface area (Å²) in [6.07, 6.45) is 10.9. The quantitative estimate of drug-likeness (QED) is 0.619. The summed E-state index contributed by atoms with van der Waals surface area (Å²) in [7, 11) is 0. The smallest absolute Gasteiger partial charge is 0.243 e. The SMILES string of the molecule is O=C(NC1CCCCC1)[C@H](Cc1ccccc1)N1C(=O)[C@@H]2[C@@H](C1=O)[C@H]1C=C[C@H]2C1. The molecule has 2 saturated carbocycles. The van der Waals surface area contributed by atoms with E-state index in [9.17, 15) is 14.4 Å². The van der Waals surface area contributed by atoms with E-state index in [4.69, 9.17) is 0 Å². The van der Waals surface area contributed by atoms with Gasteiger partial charge in [-0.05, 0) is 36.7 Å². The van der Waals surface area contributed by atoms with Crippen LogP contribution in [0.5, 0.6) is 0 Å². The van der Waals surface area contributed by atoms with Gasteiger partial charge in [0.2, 0.25) is 17.7 Å². The standard InChI is InChI=1S/C24H28N2O3/c27-22(25-18-9-5-2-6-10-18)19(13-15-7-3-1-4-8-15)26-23(28)20-16-11-12-17(14-16)21(20)24(26)29/h1,3-4,7-8,11-12,16-21H,2,5-6,9-10,13-14H2,(H,25,27)/t16-,17-,19-,20-,21-/m0/s1. The number of amides is 3. The normalized spacial score (nSPS) is 31.9. The highest BCUT2D eigenvalue weighted by molar-refractivity contribution is 6.09. The Morgan fingerprint density at radius 3 is 2.21 bits per heavy atom. The van der Waals surface area contributed by atoms with Crippen molar-refractivity contribution in [2.75, 3.05) is 0 Å². The van der Waals surface area contributed by atoms with Gasteiger partial charge in [0, 0.05) is 12.5 Å². The van der Waals surface area contributed by atoms with Gasteiger partial charge in [-0.15, -0.1) is 0 Å². The zero-order chi connectivity index (χ0) is 20.0. The molecule has 1 aromatic rings. The van der Waals surface area contributed by atoms with Gasteiger partial charge in [0.25, 0.3) is 0 Å². The third-order valence-electron chi connectivity index (χ3n) is 7.34. The Morgan fingerprint density at radius 1 is 0.966 bits per heavy atom. The maximum Gasteiger partial charge on any atom is 0.243 e. The third kappa shape index (κ3) is 3.21. The van der Waals surface area contributed by atoms with E-state index in [-0.39, 0.29) is 47.4 Å². The molecule has 1 heterocycles. The van der Waals surface area contributed by atoms with E-state index in [0.29, 0.717) is 6.42 Å². The molecule has 5 nitrogen and oxygen atoms in total. The summed E-state index contributed by atoms with van der Waals surface area (Å²) in [5.74, 6) is -0.678. The maximum absolute atomic E-state index is 13.3. The van der Waals surface area contributed by atoms with Crippen molar-refractivity contribution in [1.29, 1.82) is 0 Å². The van der Waals surface area contributed by atoms with Crippen LogP contribution in [0.4, 0.5) is 0 Å². The Morgan fingerprint density at radius 2 is 1.59 bits per heavy atom. The maximum atomic E-state index is 13.3. The lowest BCUT2D eigenvalue weighted by molar-refractivity contribution is -0.148. The van der Waals surface area contributed by atoms with Crippen molar-refractivity contribution in [2.45, 2.75) is 57.0 Å². The molecule has 1 N–H and O–H groups in total. The lowest BCUT2D eigenvalue weighted by Crippen LogP contribution is -2.53. The van der Waals surface area contributed by atoms with Crippen LogP contribution >= 0.6 is 0 Å². The van der Waals surface area contributed by atoms with Crippen LogP contribution in [0.15, 0.2) is 42.5 Å². The number of allylic oxidation sites excluding steroid dienone is 2. The molecule has 3 aliphatic carbocycles. The summed E-state index contributed by atoms with van der Waals surface area (Å²) in [5, 5.41) is 3.16. The minimum Gasteiger partial charge on any atom is -0.352 e. The molecule has 0 aromatic heterocycles. The van der Waals surface area contributed by atoms with Crippen molar-refractivity contribution in [3.63, 3.8) is 0 Å². The van der Waals surface area contributed by atoms with E-state index in [1.807, 2.05) is 30.3 Å². The van der Waals surface area contributed by atoms with Gasteiger partial charge in [0.15, 0.2) is 0 Å². The first kappa shape index (κ1) is 18.6. The molecule has 4 aliphatic rings. The van der Waals surface area contributed by atoms with Crippen LogP contribution in [-0.2, 0) is 20.8 Å². The van der Waals surface area contributed by atoms with E-state index >= 15 is 0 Å². The van der Waals surface area contributed by atoms with E-state index in [2.05, 4.69) is 17.5 Å². The fourth-order valence-electron chi connectivity index (χ4n) is 5.92. The summed E-state index contributed by atoms with van der Waals surface area (Å²) in [6.45, 7) is 0. The zero-order valence-corrected chi connectivity index (χ0v) is 16.6. The number of likely N-dealkylation sites (tertiary alicyclic amines) is 1. The Hall–Kier alpha value is -2.43. The van der Waals surface area contributed by atoms with Crippen molar-refractivity contribution in [2.24, 2.45) is 23.7 Å². The van der Waals surface area contributed by atoms with Gasteiger partial charge >= 0.3 is 0 Å². The average Bonchev–Trinajstić information content (AvgIpc) is 3.42. The van der Waals surface area contributed by atoms with Crippen molar-refractivity contribution in [3.05, 3.63) is 48.0 Å². The third-order valence-corrected chi connectivity index (χ3v) is 7.34. The number of carbonyl (C=O) groups is 3. The van der Waals surface area contributed by atoms with Gasteiger partial charge in [-0.3, -0.25) is 19.3 Å². The summed E-state index contributed by atoms with van der Waals surface area (Å²) >= 11 is 0. The molecule has 5 rings (SSSR count). The molecular formula is C24H28N2O3. The van der Waals surface area contributed by atoms with E-state index in [1.54, 1.807) is 0 Å². The van der Waals surface area contributed by atoms with Crippen molar-refractivity contribution < 1.29 is 14.4 Å². The van der Waals surface area contributed by atoms with Crippen LogP contribution in [0, 0.1) is 23.7 Å². The highest BCUT2D eigenvalue weighted by atomic mass is 16.2. The van der Waals surface area contributed by atoms with Gasteiger partial charge in [-0.2, -0.15) is 0 Å². The predicted molar refractivity (Wildman–Crippen MR) is 109 cm³/mol. The first-order valence-corrected chi connectivity index (χ1v) is 11.0. The van der Waals surface area contributed by atoms with Crippen LogP contribution in [0.1, 0.15) is 44.1 Å². The second-order valence-corrected chi connectivity index (χ2v) is 9.10. The highest BCUT2D eigenvalue weighted by Gasteiger charge is 2.61. The van der Waals surface area contributed by atoms with Crippen LogP contribution < -0.4 is 5.32 Å². The molecule has 0 spiro atoms. The van der Waals surface area contributed by atoms with Gasteiger partial charge in [-0.25, -0.2) is 0 Å². The minimum atomic E-state index is -0.760. The Balaban J connectivity index is 1.41. The summed E-state index contributed by atoms with van der Waals surface area (Å²) in [4.78, 5) is 41.3. The lowest BCUT2D eigenvalue weighted by Gasteiger charge is -2.30. The molecule has 29 heavy (non-hydrogen) atoms. The first-order chi connectivity index (χ1) is 14.1. The van der Waals surface area contributed by atoms with Crippen LogP contribution in [-0.4, -0.2) is 34.7 Å². The molecule has 1 aromatic carbocycles. The molecule has 0 unspecified atom stereocenters. The molecule has 152 valence electrons. The molecule has 1 saturated heterocycles. The van der Waals surface area contributed by atoms with E-state index in [0.717, 1.165) is 37.7 Å². The molecule has 5 heteroatoms. The Kier molecular flexibility index (Phi) is 4.76. The summed E-state index contributed by atoms with van der Waals surface area (Å²) in [6, 6.07) is 9.09. The van der Waals surface area contributed by atoms with Crippen molar-refractivity contribution >= 4 is 17.7 Å². The fraction of sp³-hybridized carbons (Fsp3) is 0.542. The number of nitrogens with zero attached hydrogens (tertiary/aromatic N) is 1. The van der Waals surface area contributed by atoms with Gasteiger partial charge in [0.1, 0.15) is 6.04 Å². The molecule has 2 bridgehead atoms. The van der Waals surface area contributed by atoms with Gasteiger partial charge < -0.3 is 5.32 Å². The monoisotopic (exact) mass is 392 g/mol. The fourth-order valence-corrected chi connectivity index (χ4v) is 5.92. The topological polar surface area (TPSA) is 66.5 Å². The average molecular weight is 392 g/mol. The number of imide groups is 1. The predicted octanol–water partition coefficient (Wildman–Crippen LogP) is 2.85. The number of benzene rings is 1. The summed E-state index contributed by atoms with van der Waals surface area (Å²) in [5.41, 5.74) is 0.968. The van der Waals surface area contributed by atoms with Crippen LogP contribution in [0.3, 0.4) is 0 Å². The van der Waals surface area contributed by atoms with E-state index in [1.165, 1.54) is 11.3 Å². The summed E-state index contributed by atoms with van der Waals surface area (Å²) < 4.78 is 0. The number of carbonyl (C=O) groups excluding carboxylic acids is 3. The second-order valence-electron chi connectivity index (χ2n) is 9.10. The van der Waals surface area contributed by atoms with Gasteiger partial charge in [-0.1, -0.05) is 61.7 Å². The second kappa shape index (κ2) is 7.43. The number of fused-ring (bicyclic) bond motifs is 5. The number of hydrogen-bond donors (Lipinski definition) is 1. The van der Waals surface area contributed by atoms with E-state index < -0.39 is 6.04 Å². The van der Waals surface area contributed by atoms with Crippen LogP contribution in [0.2, 0.25) is 0 Å². The Labute approximate surface area is 171 Å². The molecule has 0 radical (unpaired) electrons. The zero-order valence-electron chi connectivity index (χ0n) is 16.6. The number of nitrogens with one attached hydrogen (secondary N) is 1. The molecule has 3 fully saturated rings. The van der Waals surface area contributed by atoms with Crippen molar-refractivity contribution in [3.8, 4) is 0 Å². The largest absolute Gasteiger partial charge is 0.352 e. The number of rotatable bonds is 5. The van der Waals surface area contributed by atoms with Crippen LogP contribution in [0.25, 0.3) is 0 Å². The number of hydrogen-bond acceptors (Lipinski definition) is 3. The molecule has 3 amide bonds. The first-order valence-electron chi connectivity index (χ1n) is 11.0. The molecule has 1 aliphatic heterocycles. The van der Waals surface area contributed by atoms with Gasteiger partial charge in [0.05, 0.1) is 11.8 Å².